The van der Waals surface area contributed by atoms with Crippen LogP contribution in [0.2, 0.25) is 19.6 Å². The fourth-order valence-corrected chi connectivity index (χ4v) is 4.33. The molecule has 1 atom stereocenters. The number of benzene rings is 1. The van der Waals surface area contributed by atoms with Crippen LogP contribution in [-0.2, 0) is 11.2 Å². The highest BCUT2D eigenvalue weighted by atomic mass is 28.3. The van der Waals surface area contributed by atoms with Gasteiger partial charge in [0.2, 0.25) is 0 Å². The molecule has 0 saturated carbocycles. The molecular weight excluding hydrogens is 224 g/mol. The monoisotopic (exact) mass is 246 g/mol. The summed E-state index contributed by atoms with van der Waals surface area (Å²) >= 11 is 0. The fourth-order valence-electron chi connectivity index (χ4n) is 2.45. The van der Waals surface area contributed by atoms with Gasteiger partial charge in [0.25, 0.3) is 0 Å². The van der Waals surface area contributed by atoms with E-state index in [-0.39, 0.29) is 0 Å². The van der Waals surface area contributed by atoms with Crippen LogP contribution < -0.4 is 0 Å². The highest BCUT2D eigenvalue weighted by Crippen LogP contribution is 2.27. The van der Waals surface area contributed by atoms with E-state index >= 15 is 0 Å². The summed E-state index contributed by atoms with van der Waals surface area (Å²) in [5.41, 5.74) is 1.41. The molecule has 1 aromatic carbocycles. The molecular formula is C15H22OSi. The van der Waals surface area contributed by atoms with Crippen LogP contribution in [-0.4, -0.2) is 20.8 Å². The minimum absolute atomic E-state index is 0.377. The molecule has 0 bridgehead atoms. The van der Waals surface area contributed by atoms with E-state index in [0.29, 0.717) is 6.10 Å². The number of hydrogen-bond acceptors (Lipinski definition) is 1. The molecule has 0 amide bonds. The van der Waals surface area contributed by atoms with E-state index in [4.69, 9.17) is 4.74 Å². The first-order valence-electron chi connectivity index (χ1n) is 6.43. The molecule has 0 saturated heterocycles. The Balaban J connectivity index is 1.94. The maximum absolute atomic E-state index is 5.86. The molecule has 17 heavy (non-hydrogen) atoms. The Bertz CT molecular complexity index is 389. The molecule has 1 heterocycles. The van der Waals surface area contributed by atoms with Gasteiger partial charge < -0.3 is 4.74 Å². The van der Waals surface area contributed by atoms with Crippen molar-refractivity contribution >= 4 is 8.07 Å². The van der Waals surface area contributed by atoms with Gasteiger partial charge in [-0.05, 0) is 18.4 Å². The average molecular weight is 246 g/mol. The van der Waals surface area contributed by atoms with Crippen molar-refractivity contribution in [3.05, 3.63) is 47.2 Å². The third-order valence-electron chi connectivity index (χ3n) is 3.35. The Kier molecular flexibility index (Phi) is 3.85. The first-order chi connectivity index (χ1) is 8.07. The second-order valence-electron chi connectivity index (χ2n) is 5.76. The Morgan fingerprint density at radius 3 is 2.53 bits per heavy atom. The van der Waals surface area contributed by atoms with Gasteiger partial charge in [-0.25, -0.2) is 0 Å². The van der Waals surface area contributed by atoms with Gasteiger partial charge >= 0.3 is 0 Å². The second-order valence-corrected chi connectivity index (χ2v) is 10.8. The Hall–Kier alpha value is -0.863. The van der Waals surface area contributed by atoms with E-state index in [0.717, 1.165) is 19.4 Å². The summed E-state index contributed by atoms with van der Waals surface area (Å²) in [6.45, 7) is 8.04. The van der Waals surface area contributed by atoms with Gasteiger partial charge in [-0.1, -0.05) is 61.2 Å². The van der Waals surface area contributed by atoms with Crippen LogP contribution >= 0.6 is 0 Å². The summed E-state index contributed by atoms with van der Waals surface area (Å²) in [6, 6.07) is 10.7. The largest absolute Gasteiger partial charge is 0.370 e. The number of ether oxygens (including phenoxy) is 1. The normalized spacial score (nSPS) is 20.4. The number of aryl methyl sites for hydroxylation is 1. The van der Waals surface area contributed by atoms with Crippen LogP contribution in [0.15, 0.2) is 41.6 Å². The molecule has 92 valence electrons. The summed E-state index contributed by atoms with van der Waals surface area (Å²) in [4.78, 5) is 0. The zero-order valence-corrected chi connectivity index (χ0v) is 12.1. The van der Waals surface area contributed by atoms with Crippen molar-refractivity contribution in [2.24, 2.45) is 0 Å². The third kappa shape index (κ3) is 3.30. The molecule has 1 unspecified atom stereocenters. The summed E-state index contributed by atoms with van der Waals surface area (Å²) < 4.78 is 5.86. The summed E-state index contributed by atoms with van der Waals surface area (Å²) in [7, 11) is -1.19. The smallest absolute Gasteiger partial charge is 0.0758 e. The summed E-state index contributed by atoms with van der Waals surface area (Å²) in [5, 5.41) is 1.61. The Morgan fingerprint density at radius 1 is 1.18 bits per heavy atom. The van der Waals surface area contributed by atoms with Crippen molar-refractivity contribution in [2.75, 3.05) is 6.61 Å². The SMILES string of the molecule is C[Si](C)(C)C1=CCOC1CCc1ccccc1. The topological polar surface area (TPSA) is 9.23 Å². The minimum atomic E-state index is -1.19. The van der Waals surface area contributed by atoms with E-state index < -0.39 is 8.07 Å². The zero-order chi connectivity index (χ0) is 12.3. The van der Waals surface area contributed by atoms with E-state index in [1.807, 2.05) is 0 Å². The maximum atomic E-state index is 5.86. The van der Waals surface area contributed by atoms with Crippen molar-refractivity contribution in [1.29, 1.82) is 0 Å². The van der Waals surface area contributed by atoms with Gasteiger partial charge in [0.05, 0.1) is 20.8 Å². The quantitative estimate of drug-likeness (QED) is 0.734. The predicted octanol–water partition coefficient (Wildman–Crippen LogP) is 3.82. The van der Waals surface area contributed by atoms with Gasteiger partial charge in [0, 0.05) is 0 Å². The lowest BCUT2D eigenvalue weighted by molar-refractivity contribution is 0.118. The van der Waals surface area contributed by atoms with Crippen LogP contribution in [0.3, 0.4) is 0 Å². The minimum Gasteiger partial charge on any atom is -0.370 e. The lowest BCUT2D eigenvalue weighted by Crippen LogP contribution is -2.31. The molecule has 0 N–H and O–H groups in total. The standard InChI is InChI=1S/C15H22OSi/c1-17(2,3)15-11-12-16-14(15)10-9-13-7-5-4-6-8-13/h4-8,11,14H,9-10,12H2,1-3H3. The van der Waals surface area contributed by atoms with E-state index in [1.165, 1.54) is 5.56 Å². The molecule has 0 spiro atoms. The molecule has 0 aromatic heterocycles. The van der Waals surface area contributed by atoms with Gasteiger partial charge in [0.1, 0.15) is 0 Å². The molecule has 2 heteroatoms. The molecule has 1 aromatic rings. The van der Waals surface area contributed by atoms with E-state index in [2.05, 4.69) is 56.0 Å². The van der Waals surface area contributed by atoms with Crippen LogP contribution in [0.5, 0.6) is 0 Å². The second kappa shape index (κ2) is 5.19. The number of hydrogen-bond donors (Lipinski definition) is 0. The molecule has 0 aliphatic carbocycles. The highest BCUT2D eigenvalue weighted by Gasteiger charge is 2.30. The highest BCUT2D eigenvalue weighted by molar-refractivity contribution is 6.83. The number of rotatable bonds is 4. The lowest BCUT2D eigenvalue weighted by atomic mass is 10.1. The first-order valence-corrected chi connectivity index (χ1v) is 9.93. The van der Waals surface area contributed by atoms with Gasteiger partial charge in [-0.3, -0.25) is 0 Å². The Morgan fingerprint density at radius 2 is 1.88 bits per heavy atom. The van der Waals surface area contributed by atoms with Crippen molar-refractivity contribution in [3.8, 4) is 0 Å². The van der Waals surface area contributed by atoms with Gasteiger partial charge in [-0.2, -0.15) is 0 Å². The van der Waals surface area contributed by atoms with Crippen LogP contribution in [0.25, 0.3) is 0 Å². The van der Waals surface area contributed by atoms with E-state index in [9.17, 15) is 0 Å². The van der Waals surface area contributed by atoms with E-state index in [1.54, 1.807) is 5.20 Å². The molecule has 2 rings (SSSR count). The van der Waals surface area contributed by atoms with Crippen molar-refractivity contribution in [1.82, 2.24) is 0 Å². The zero-order valence-electron chi connectivity index (χ0n) is 11.1. The van der Waals surface area contributed by atoms with Crippen molar-refractivity contribution in [3.63, 3.8) is 0 Å². The van der Waals surface area contributed by atoms with Gasteiger partial charge in [-0.15, -0.1) is 0 Å². The van der Waals surface area contributed by atoms with Gasteiger partial charge in [0.15, 0.2) is 0 Å². The molecule has 1 aliphatic rings. The van der Waals surface area contributed by atoms with Crippen molar-refractivity contribution < 1.29 is 4.74 Å². The maximum Gasteiger partial charge on any atom is 0.0758 e. The van der Waals surface area contributed by atoms with Crippen LogP contribution in [0.1, 0.15) is 12.0 Å². The predicted molar refractivity (Wildman–Crippen MR) is 75.9 cm³/mol. The first kappa shape index (κ1) is 12.6. The van der Waals surface area contributed by atoms with Crippen molar-refractivity contribution in [2.45, 2.75) is 38.6 Å². The molecule has 1 nitrogen and oxygen atoms in total. The van der Waals surface area contributed by atoms with Crippen LogP contribution in [0, 0.1) is 0 Å². The van der Waals surface area contributed by atoms with Crippen LogP contribution in [0.4, 0.5) is 0 Å². The average Bonchev–Trinajstić information content (AvgIpc) is 2.75. The summed E-state index contributed by atoms with van der Waals surface area (Å²) in [5.74, 6) is 0. The fraction of sp³-hybridized carbons (Fsp3) is 0.467. The molecule has 0 fully saturated rings. The molecule has 1 aliphatic heterocycles. The third-order valence-corrected chi connectivity index (χ3v) is 5.61. The summed E-state index contributed by atoms with van der Waals surface area (Å²) in [6.07, 6.45) is 4.94. The Labute approximate surface area is 106 Å². The molecule has 0 radical (unpaired) electrons. The lowest BCUT2D eigenvalue weighted by Gasteiger charge is -2.24.